The molecule has 6 atom stereocenters. The molecule has 11 N–H and O–H groups in total. The number of para-hydroxylation sites is 1. The third-order valence-corrected chi connectivity index (χ3v) is 11.7. The largest absolute Gasteiger partial charge is 0.508 e. The Kier molecular flexibility index (Phi) is 16.8. The number of carboxylic acid groups (broad SMARTS) is 1. The Bertz CT molecular complexity index is 2420. The highest BCUT2D eigenvalue weighted by molar-refractivity contribution is 5.97. The van der Waals surface area contributed by atoms with Gasteiger partial charge in [-0.1, -0.05) is 91.9 Å². The summed E-state index contributed by atoms with van der Waals surface area (Å²) in [6.07, 6.45) is 3.44. The van der Waals surface area contributed by atoms with Gasteiger partial charge in [0.2, 0.25) is 29.5 Å². The van der Waals surface area contributed by atoms with Crippen molar-refractivity contribution in [1.82, 2.24) is 36.9 Å². The van der Waals surface area contributed by atoms with E-state index < -0.39 is 71.8 Å². The van der Waals surface area contributed by atoms with E-state index in [1.165, 1.54) is 12.1 Å². The fraction of sp³-hybridized carbons (Fsp3) is 0.347. The summed E-state index contributed by atoms with van der Waals surface area (Å²) in [6, 6.07) is 23.8. The van der Waals surface area contributed by atoms with Gasteiger partial charge in [0.1, 0.15) is 36.0 Å². The van der Waals surface area contributed by atoms with E-state index in [9.17, 15) is 39.0 Å². The highest BCUT2D eigenvalue weighted by Gasteiger charge is 2.34. The third kappa shape index (κ3) is 13.2. The molecule has 16 nitrogen and oxygen atoms in total. The van der Waals surface area contributed by atoms with Gasteiger partial charge in [-0.15, -0.1) is 0 Å². The number of carbonyl (C=O) groups excluding carboxylic acids is 5. The molecule has 0 bridgehead atoms. The first-order valence-electron chi connectivity index (χ1n) is 22.0. The number of aromatic nitrogens is 1. The van der Waals surface area contributed by atoms with Gasteiger partial charge < -0.3 is 52.8 Å². The second kappa shape index (κ2) is 23.1. The average molecular weight is 887 g/mol. The van der Waals surface area contributed by atoms with Crippen molar-refractivity contribution >= 4 is 46.4 Å². The van der Waals surface area contributed by atoms with Crippen LogP contribution in [0.1, 0.15) is 60.4 Å². The van der Waals surface area contributed by atoms with Crippen LogP contribution in [-0.2, 0) is 61.0 Å². The molecule has 0 spiro atoms. The molecule has 0 saturated carbocycles. The molecule has 65 heavy (non-hydrogen) atoms. The Morgan fingerprint density at radius 2 is 1.22 bits per heavy atom. The fourth-order valence-corrected chi connectivity index (χ4v) is 7.97. The summed E-state index contributed by atoms with van der Waals surface area (Å²) in [5.74, 6) is -4.33. The number of nitrogens with two attached hydrogens (primary N) is 1. The molecular weight excluding hydrogens is 829 g/mol. The molecule has 5 amide bonds. The summed E-state index contributed by atoms with van der Waals surface area (Å²) in [6.45, 7) is 2.47. The lowest BCUT2D eigenvalue weighted by atomic mass is 9.95. The van der Waals surface area contributed by atoms with E-state index in [-0.39, 0.29) is 37.9 Å². The van der Waals surface area contributed by atoms with Crippen molar-refractivity contribution < 1.29 is 39.0 Å². The van der Waals surface area contributed by atoms with Gasteiger partial charge in [0.25, 0.3) is 0 Å². The Hall–Kier alpha value is -7.04. The number of H-pyrrole nitrogens is 1. The molecule has 5 aromatic rings. The zero-order chi connectivity index (χ0) is 46.3. The molecule has 1 aromatic heterocycles. The Labute approximate surface area is 377 Å². The van der Waals surface area contributed by atoms with Crippen LogP contribution in [0.3, 0.4) is 0 Å². The number of nitrogens with one attached hydrogen (secondary N) is 7. The number of aliphatic carboxylic acids is 1. The van der Waals surface area contributed by atoms with Crippen LogP contribution < -0.4 is 37.6 Å². The van der Waals surface area contributed by atoms with Gasteiger partial charge >= 0.3 is 5.97 Å². The van der Waals surface area contributed by atoms with E-state index >= 15 is 0 Å². The number of unbranched alkanes of at least 4 members (excludes halogenated alkanes) is 1. The number of amides is 5. The molecule has 342 valence electrons. The highest BCUT2D eigenvalue weighted by Crippen LogP contribution is 2.21. The predicted molar refractivity (Wildman–Crippen MR) is 245 cm³/mol. The number of aromatic hydroxyl groups is 1. The van der Waals surface area contributed by atoms with Crippen molar-refractivity contribution in [2.75, 3.05) is 6.54 Å². The summed E-state index contributed by atoms with van der Waals surface area (Å²) in [4.78, 5) is 85.9. The SMILES string of the molecule is CC[C@H](NC(=O)[C@H](CCCCN)NC(=O)[C@H](Cc1c[nH]c2ccccc12)NC(=O)[C@H](Cc1ccc(O)cc1)NC(=O)[C@@H]1Cc2ccccc2CN1)C(=O)N[C@@H](Cc1ccccc1)C(=O)O. The predicted octanol–water partition coefficient (Wildman–Crippen LogP) is 2.66. The molecule has 0 fully saturated rings. The van der Waals surface area contributed by atoms with Gasteiger partial charge in [0, 0.05) is 42.9 Å². The summed E-state index contributed by atoms with van der Waals surface area (Å²) < 4.78 is 0. The number of fused-ring (bicyclic) bond motifs is 2. The first-order chi connectivity index (χ1) is 31.4. The number of hydrogen-bond acceptors (Lipinski definition) is 9. The molecule has 1 aliphatic rings. The number of rotatable bonds is 22. The third-order valence-electron chi connectivity index (χ3n) is 11.7. The number of benzene rings is 4. The number of carboxylic acids is 1. The van der Waals surface area contributed by atoms with Crippen molar-refractivity contribution in [2.45, 2.75) is 101 Å². The summed E-state index contributed by atoms with van der Waals surface area (Å²) in [5.41, 5.74) is 10.8. The molecule has 1 aliphatic heterocycles. The van der Waals surface area contributed by atoms with Crippen LogP contribution in [0.5, 0.6) is 5.75 Å². The van der Waals surface area contributed by atoms with Crippen molar-refractivity contribution in [3.63, 3.8) is 0 Å². The number of phenols is 1. The molecule has 0 saturated heterocycles. The second-order valence-corrected chi connectivity index (χ2v) is 16.4. The Morgan fingerprint density at radius 3 is 1.92 bits per heavy atom. The maximum Gasteiger partial charge on any atom is 0.326 e. The molecule has 4 aromatic carbocycles. The van der Waals surface area contributed by atoms with Gasteiger partial charge in [-0.05, 0) is 84.7 Å². The topological polar surface area (TPSA) is 257 Å². The molecule has 0 unspecified atom stereocenters. The van der Waals surface area contributed by atoms with E-state index in [0.717, 1.165) is 22.0 Å². The number of aromatic amines is 1. The zero-order valence-corrected chi connectivity index (χ0v) is 36.3. The lowest BCUT2D eigenvalue weighted by molar-refractivity contribution is -0.142. The minimum Gasteiger partial charge on any atom is -0.508 e. The van der Waals surface area contributed by atoms with Crippen LogP contribution in [0.4, 0.5) is 0 Å². The van der Waals surface area contributed by atoms with E-state index in [2.05, 4.69) is 36.9 Å². The van der Waals surface area contributed by atoms with Crippen molar-refractivity contribution in [2.24, 2.45) is 5.73 Å². The second-order valence-electron chi connectivity index (χ2n) is 16.4. The molecule has 16 heteroatoms. The zero-order valence-electron chi connectivity index (χ0n) is 36.3. The summed E-state index contributed by atoms with van der Waals surface area (Å²) in [7, 11) is 0. The van der Waals surface area contributed by atoms with Crippen LogP contribution in [0, 0.1) is 0 Å². The van der Waals surface area contributed by atoms with Gasteiger partial charge in [0.15, 0.2) is 0 Å². The maximum absolute atomic E-state index is 14.6. The van der Waals surface area contributed by atoms with Crippen molar-refractivity contribution in [3.8, 4) is 5.75 Å². The summed E-state index contributed by atoms with van der Waals surface area (Å²) >= 11 is 0. The quantitative estimate of drug-likeness (QED) is 0.0455. The van der Waals surface area contributed by atoms with E-state index in [4.69, 9.17) is 5.73 Å². The highest BCUT2D eigenvalue weighted by atomic mass is 16.4. The molecule has 0 radical (unpaired) electrons. The van der Waals surface area contributed by atoms with E-state index in [1.54, 1.807) is 55.6 Å². The van der Waals surface area contributed by atoms with Gasteiger partial charge in [0.05, 0.1) is 6.04 Å². The normalized spacial score (nSPS) is 15.6. The number of hydrogen-bond donors (Lipinski definition) is 10. The number of carbonyl (C=O) groups is 6. The minimum absolute atomic E-state index is 0.00243. The number of phenolic OH excluding ortho intramolecular Hbond substituents is 1. The Morgan fingerprint density at radius 1 is 0.646 bits per heavy atom. The van der Waals surface area contributed by atoms with Crippen LogP contribution in [0.15, 0.2) is 109 Å². The van der Waals surface area contributed by atoms with Crippen molar-refractivity contribution in [3.05, 3.63) is 137 Å². The minimum atomic E-state index is -1.26. The monoisotopic (exact) mass is 886 g/mol. The van der Waals surface area contributed by atoms with E-state index in [0.29, 0.717) is 49.0 Å². The van der Waals surface area contributed by atoms with Crippen LogP contribution in [0.25, 0.3) is 10.9 Å². The lowest BCUT2D eigenvalue weighted by Crippen LogP contribution is -2.60. The molecule has 2 heterocycles. The van der Waals surface area contributed by atoms with Crippen LogP contribution >= 0.6 is 0 Å². The standard InChI is InChI=1S/C49H58N8O8/c1-2-37(44(59)57-43(49(64)65)25-30-12-4-3-5-13-30)53-45(60)39(18-10-11-23-50)54-48(63)42(27-34-29-51-38-17-9-8-16-36(34)38)56-47(62)41(24-31-19-21-35(58)22-20-31)55-46(61)40-26-32-14-6-7-15-33(32)28-52-40/h3-9,12-17,19-22,29,37,39-43,51-52,58H,2,10-11,18,23-28,50H2,1H3,(H,53,60)(H,54,63)(H,55,61)(H,56,62)(H,57,59)(H,64,65)/t37-,39-,40-,41-,42-,43-/m0/s1. The van der Waals surface area contributed by atoms with Crippen molar-refractivity contribution in [1.29, 1.82) is 0 Å². The molecule has 6 rings (SSSR count). The molecule has 0 aliphatic carbocycles. The smallest absolute Gasteiger partial charge is 0.326 e. The summed E-state index contributed by atoms with van der Waals surface area (Å²) in [5, 5.41) is 37.9. The Balaban J connectivity index is 1.23. The van der Waals surface area contributed by atoms with Gasteiger partial charge in [-0.2, -0.15) is 0 Å². The first kappa shape index (κ1) is 47.4. The first-order valence-corrected chi connectivity index (χ1v) is 22.0. The van der Waals surface area contributed by atoms with Crippen LogP contribution in [0.2, 0.25) is 0 Å². The van der Waals surface area contributed by atoms with Crippen LogP contribution in [-0.4, -0.2) is 93.5 Å². The molecular formula is C49H58N8O8. The fourth-order valence-electron chi connectivity index (χ4n) is 7.97. The van der Waals surface area contributed by atoms with E-state index in [1.807, 2.05) is 48.5 Å². The van der Waals surface area contributed by atoms with Gasteiger partial charge in [-0.3, -0.25) is 24.0 Å². The average Bonchev–Trinajstić information content (AvgIpc) is 3.72. The maximum atomic E-state index is 14.6. The lowest BCUT2D eigenvalue weighted by Gasteiger charge is -2.29. The van der Waals surface area contributed by atoms with Gasteiger partial charge in [-0.25, -0.2) is 4.79 Å².